The highest BCUT2D eigenvalue weighted by Crippen LogP contribution is 2.31. The Labute approximate surface area is 175 Å². The molecule has 2 N–H and O–H groups in total. The van der Waals surface area contributed by atoms with Crippen LogP contribution in [0.25, 0.3) is 0 Å². The van der Waals surface area contributed by atoms with E-state index in [0.717, 1.165) is 13.6 Å². The maximum Gasteiger partial charge on any atom is 0.276 e. The van der Waals surface area contributed by atoms with E-state index < -0.39 is 5.91 Å². The molecule has 0 heterocycles. The topological polar surface area (TPSA) is 67.4 Å². The Morgan fingerprint density at radius 2 is 1.85 bits per heavy atom. The number of hydrogen-bond acceptors (Lipinski definition) is 3. The van der Waals surface area contributed by atoms with E-state index in [4.69, 9.17) is 4.74 Å². The molecule has 0 unspecified atom stereocenters. The third-order valence-corrected chi connectivity index (χ3v) is 4.85. The molecule has 0 spiro atoms. The fraction of sp³-hybridized carbons (Fsp3) is 0.263. The molecule has 2 amide bonds. The van der Waals surface area contributed by atoms with Gasteiger partial charge in [-0.2, -0.15) is 0 Å². The van der Waals surface area contributed by atoms with E-state index in [9.17, 15) is 9.59 Å². The van der Waals surface area contributed by atoms with Gasteiger partial charge in [-0.05, 0) is 79.8 Å². The number of rotatable bonds is 4. The minimum Gasteiger partial charge on any atom is -0.483 e. The SMILES string of the molecule is CC(C)(C)c1ccc(OCC(=O)NNC(=O)c2cccc(I)c2)c(Br)c1. The quantitative estimate of drug-likeness (QED) is 0.460. The average molecular weight is 531 g/mol. The Morgan fingerprint density at radius 1 is 1.12 bits per heavy atom. The average Bonchev–Trinajstić information content (AvgIpc) is 2.57. The second-order valence-electron chi connectivity index (χ2n) is 6.70. The maximum absolute atomic E-state index is 12.0. The van der Waals surface area contributed by atoms with Crippen LogP contribution in [0.2, 0.25) is 0 Å². The first kappa shape index (κ1) is 20.7. The van der Waals surface area contributed by atoms with Crippen LogP contribution >= 0.6 is 38.5 Å². The van der Waals surface area contributed by atoms with Crippen LogP contribution in [0.5, 0.6) is 5.75 Å². The zero-order valence-corrected chi connectivity index (χ0v) is 18.5. The summed E-state index contributed by atoms with van der Waals surface area (Å²) in [6.45, 7) is 6.16. The first-order chi connectivity index (χ1) is 12.2. The smallest absolute Gasteiger partial charge is 0.276 e. The maximum atomic E-state index is 12.0. The molecule has 0 fully saturated rings. The fourth-order valence-corrected chi connectivity index (χ4v) is 3.13. The molecule has 2 aromatic carbocycles. The molecule has 0 aliphatic rings. The standard InChI is InChI=1S/C19H20BrIN2O3/c1-19(2,3)13-7-8-16(15(20)10-13)26-11-17(24)22-23-18(25)12-5-4-6-14(21)9-12/h4-10H,11H2,1-3H3,(H,22,24)(H,23,25). The summed E-state index contributed by atoms with van der Waals surface area (Å²) in [5.74, 6) is -0.263. The van der Waals surface area contributed by atoms with Crippen molar-refractivity contribution in [1.82, 2.24) is 10.9 Å². The van der Waals surface area contributed by atoms with Gasteiger partial charge < -0.3 is 4.74 Å². The van der Waals surface area contributed by atoms with Crippen LogP contribution in [0, 0.1) is 3.57 Å². The Bertz CT molecular complexity index is 819. The molecule has 0 saturated heterocycles. The van der Waals surface area contributed by atoms with Gasteiger partial charge in [-0.25, -0.2) is 0 Å². The van der Waals surface area contributed by atoms with Gasteiger partial charge in [-0.3, -0.25) is 20.4 Å². The summed E-state index contributed by atoms with van der Waals surface area (Å²) in [6.07, 6.45) is 0. The summed E-state index contributed by atoms with van der Waals surface area (Å²) in [5.41, 5.74) is 6.37. The molecule has 0 atom stereocenters. The summed E-state index contributed by atoms with van der Waals surface area (Å²) < 4.78 is 7.23. The Kier molecular flexibility index (Phi) is 7.05. The van der Waals surface area contributed by atoms with E-state index in [0.29, 0.717) is 11.3 Å². The van der Waals surface area contributed by atoms with Gasteiger partial charge in [0.2, 0.25) is 0 Å². The summed E-state index contributed by atoms with van der Waals surface area (Å²) >= 11 is 5.58. The molecule has 0 radical (unpaired) electrons. The summed E-state index contributed by atoms with van der Waals surface area (Å²) in [5, 5.41) is 0. The highest BCUT2D eigenvalue weighted by molar-refractivity contribution is 14.1. The normalized spacial score (nSPS) is 11.0. The zero-order chi connectivity index (χ0) is 19.3. The Balaban J connectivity index is 1.86. The molecule has 5 nitrogen and oxygen atoms in total. The van der Waals surface area contributed by atoms with Crippen molar-refractivity contribution in [3.8, 4) is 5.75 Å². The number of carbonyl (C=O) groups excluding carboxylic acids is 2. The zero-order valence-electron chi connectivity index (χ0n) is 14.7. The van der Waals surface area contributed by atoms with Crippen LogP contribution in [0.4, 0.5) is 0 Å². The lowest BCUT2D eigenvalue weighted by Gasteiger charge is -2.20. The van der Waals surface area contributed by atoms with Gasteiger partial charge >= 0.3 is 0 Å². The molecular formula is C19H20BrIN2O3. The predicted molar refractivity (Wildman–Crippen MR) is 113 cm³/mol. The molecule has 7 heteroatoms. The lowest BCUT2D eigenvalue weighted by Crippen LogP contribution is -2.43. The molecule has 0 aliphatic heterocycles. The fourth-order valence-electron chi connectivity index (χ4n) is 2.09. The number of halogens is 2. The van der Waals surface area contributed by atoms with Gasteiger partial charge in [0.25, 0.3) is 11.8 Å². The van der Waals surface area contributed by atoms with Crippen LogP contribution in [0.3, 0.4) is 0 Å². The van der Waals surface area contributed by atoms with Gasteiger partial charge in [0.05, 0.1) is 4.47 Å². The third kappa shape index (κ3) is 5.98. The third-order valence-electron chi connectivity index (χ3n) is 3.56. The van der Waals surface area contributed by atoms with Crippen molar-refractivity contribution in [2.75, 3.05) is 6.61 Å². The second-order valence-corrected chi connectivity index (χ2v) is 8.80. The summed E-state index contributed by atoms with van der Waals surface area (Å²) in [4.78, 5) is 23.9. The highest BCUT2D eigenvalue weighted by Gasteiger charge is 2.16. The van der Waals surface area contributed by atoms with Gasteiger partial charge in [0, 0.05) is 9.13 Å². The number of carbonyl (C=O) groups is 2. The first-order valence-electron chi connectivity index (χ1n) is 7.94. The molecule has 26 heavy (non-hydrogen) atoms. The van der Waals surface area contributed by atoms with E-state index in [2.05, 4.69) is 70.1 Å². The number of amides is 2. The van der Waals surface area contributed by atoms with Gasteiger partial charge in [-0.1, -0.05) is 32.9 Å². The number of hydrazine groups is 1. The largest absolute Gasteiger partial charge is 0.483 e. The lowest BCUT2D eigenvalue weighted by molar-refractivity contribution is -0.123. The van der Waals surface area contributed by atoms with Crippen molar-refractivity contribution >= 4 is 50.3 Å². The van der Waals surface area contributed by atoms with Crippen molar-refractivity contribution in [1.29, 1.82) is 0 Å². The van der Waals surface area contributed by atoms with Gasteiger partial charge in [-0.15, -0.1) is 0 Å². The van der Waals surface area contributed by atoms with E-state index in [1.165, 1.54) is 0 Å². The summed E-state index contributed by atoms with van der Waals surface area (Å²) in [7, 11) is 0. The molecule has 0 aromatic heterocycles. The number of nitrogens with one attached hydrogen (secondary N) is 2. The Hall–Kier alpha value is -1.61. The predicted octanol–water partition coefficient (Wildman–Crippen LogP) is 4.19. The minimum atomic E-state index is -0.448. The van der Waals surface area contributed by atoms with Crippen LogP contribution in [-0.4, -0.2) is 18.4 Å². The van der Waals surface area contributed by atoms with Crippen molar-refractivity contribution in [2.24, 2.45) is 0 Å². The Morgan fingerprint density at radius 3 is 2.46 bits per heavy atom. The number of ether oxygens (including phenoxy) is 1. The molecule has 0 bridgehead atoms. The van der Waals surface area contributed by atoms with Crippen LogP contribution in [0.1, 0.15) is 36.7 Å². The minimum absolute atomic E-state index is 0.0258. The molecular weight excluding hydrogens is 511 g/mol. The van der Waals surface area contributed by atoms with E-state index in [-0.39, 0.29) is 17.9 Å². The molecule has 2 rings (SSSR count). The van der Waals surface area contributed by atoms with Crippen molar-refractivity contribution in [3.05, 3.63) is 61.6 Å². The summed E-state index contributed by atoms with van der Waals surface area (Å²) in [6, 6.07) is 12.8. The van der Waals surface area contributed by atoms with E-state index in [1.54, 1.807) is 18.2 Å². The lowest BCUT2D eigenvalue weighted by atomic mass is 9.87. The van der Waals surface area contributed by atoms with Crippen molar-refractivity contribution < 1.29 is 14.3 Å². The van der Waals surface area contributed by atoms with Crippen LogP contribution in [0.15, 0.2) is 46.9 Å². The molecule has 138 valence electrons. The van der Waals surface area contributed by atoms with Crippen molar-refractivity contribution in [2.45, 2.75) is 26.2 Å². The number of benzene rings is 2. The monoisotopic (exact) mass is 530 g/mol. The van der Waals surface area contributed by atoms with Gasteiger partial charge in [0.15, 0.2) is 6.61 Å². The number of hydrogen-bond donors (Lipinski definition) is 2. The molecule has 0 aliphatic carbocycles. The van der Waals surface area contributed by atoms with E-state index >= 15 is 0 Å². The second kappa shape index (κ2) is 8.85. The van der Waals surface area contributed by atoms with Crippen LogP contribution < -0.4 is 15.6 Å². The van der Waals surface area contributed by atoms with Crippen LogP contribution in [-0.2, 0) is 10.2 Å². The highest BCUT2D eigenvalue weighted by atomic mass is 127. The van der Waals surface area contributed by atoms with Crippen molar-refractivity contribution in [3.63, 3.8) is 0 Å². The van der Waals surface area contributed by atoms with Gasteiger partial charge in [0.1, 0.15) is 5.75 Å². The van der Waals surface area contributed by atoms with E-state index in [1.807, 2.05) is 24.3 Å². The first-order valence-corrected chi connectivity index (χ1v) is 9.81. The molecule has 2 aromatic rings. The molecule has 0 saturated carbocycles.